The molecule has 0 aliphatic rings. The summed E-state index contributed by atoms with van der Waals surface area (Å²) in [5.74, 6) is 2.03. The number of nitrogen functional groups attached to an aromatic ring is 1. The van der Waals surface area contributed by atoms with E-state index in [1.807, 2.05) is 67.1 Å². The van der Waals surface area contributed by atoms with E-state index in [0.717, 1.165) is 33.6 Å². The summed E-state index contributed by atoms with van der Waals surface area (Å²) in [6.45, 7) is 3.55. The van der Waals surface area contributed by atoms with Gasteiger partial charge in [0.05, 0.1) is 11.0 Å². The summed E-state index contributed by atoms with van der Waals surface area (Å²) in [7, 11) is 1.97. The fraction of sp³-hybridized carbons (Fsp3) is 0.238. The van der Waals surface area contributed by atoms with Gasteiger partial charge in [0.25, 0.3) is 0 Å². The number of nitrogens with two attached hydrogens (primary N) is 1. The molecule has 0 fully saturated rings. The standard InChI is InChI=1S/C21H22N4O2/c1-3-26-13-18-24-19-20(25(18)2)16-11-15(9-10-17(16)23-21(19)22)27-12-14-7-5-4-6-8-14/h4-11H,3,12-13H2,1-2H3,(H2,22,23). The number of nitrogens with zero attached hydrogens (tertiary/aromatic N) is 3. The Labute approximate surface area is 157 Å². The van der Waals surface area contributed by atoms with Crippen molar-refractivity contribution in [1.29, 1.82) is 0 Å². The van der Waals surface area contributed by atoms with Crippen molar-refractivity contribution >= 4 is 27.8 Å². The van der Waals surface area contributed by atoms with Crippen LogP contribution in [0.25, 0.3) is 21.9 Å². The summed E-state index contributed by atoms with van der Waals surface area (Å²) in [4.78, 5) is 9.14. The monoisotopic (exact) mass is 362 g/mol. The summed E-state index contributed by atoms with van der Waals surface area (Å²) >= 11 is 0. The van der Waals surface area contributed by atoms with Crippen molar-refractivity contribution in [3.63, 3.8) is 0 Å². The molecule has 0 unspecified atom stereocenters. The molecular formula is C21H22N4O2. The van der Waals surface area contributed by atoms with Crippen LogP contribution in [0.5, 0.6) is 5.75 Å². The van der Waals surface area contributed by atoms with E-state index in [1.54, 1.807) is 0 Å². The number of aryl methyl sites for hydroxylation is 1. The Morgan fingerprint density at radius 1 is 1.04 bits per heavy atom. The molecule has 0 bridgehead atoms. The summed E-state index contributed by atoms with van der Waals surface area (Å²) in [5, 5.41) is 0.961. The Morgan fingerprint density at radius 2 is 1.85 bits per heavy atom. The van der Waals surface area contributed by atoms with Crippen LogP contribution in [0.3, 0.4) is 0 Å². The molecule has 6 heteroatoms. The average molecular weight is 362 g/mol. The molecule has 2 aromatic heterocycles. The van der Waals surface area contributed by atoms with E-state index in [2.05, 4.69) is 9.97 Å². The minimum Gasteiger partial charge on any atom is -0.489 e. The number of anilines is 1. The topological polar surface area (TPSA) is 75.2 Å². The molecule has 138 valence electrons. The van der Waals surface area contributed by atoms with Gasteiger partial charge in [-0.1, -0.05) is 30.3 Å². The quantitative estimate of drug-likeness (QED) is 0.564. The van der Waals surface area contributed by atoms with Crippen LogP contribution in [0.15, 0.2) is 48.5 Å². The van der Waals surface area contributed by atoms with E-state index in [9.17, 15) is 0 Å². The number of aromatic nitrogens is 3. The zero-order chi connectivity index (χ0) is 18.8. The van der Waals surface area contributed by atoms with Crippen LogP contribution in [0.4, 0.5) is 5.82 Å². The second kappa shape index (κ2) is 7.25. The van der Waals surface area contributed by atoms with Gasteiger partial charge in [-0.25, -0.2) is 9.97 Å². The normalized spacial score (nSPS) is 11.3. The summed E-state index contributed by atoms with van der Waals surface area (Å²) in [5.41, 5.74) is 9.72. The van der Waals surface area contributed by atoms with Gasteiger partial charge in [0.2, 0.25) is 0 Å². The van der Waals surface area contributed by atoms with E-state index in [1.165, 1.54) is 0 Å². The van der Waals surface area contributed by atoms with Crippen molar-refractivity contribution in [1.82, 2.24) is 14.5 Å². The molecule has 4 aromatic rings. The molecule has 4 rings (SSSR count). The highest BCUT2D eigenvalue weighted by atomic mass is 16.5. The van der Waals surface area contributed by atoms with E-state index >= 15 is 0 Å². The van der Waals surface area contributed by atoms with Gasteiger partial charge in [-0.2, -0.15) is 0 Å². The van der Waals surface area contributed by atoms with Crippen molar-refractivity contribution in [2.24, 2.45) is 7.05 Å². The van der Waals surface area contributed by atoms with Crippen LogP contribution in [-0.2, 0) is 25.0 Å². The van der Waals surface area contributed by atoms with Gasteiger partial charge < -0.3 is 19.8 Å². The number of ether oxygens (including phenoxy) is 2. The maximum absolute atomic E-state index is 6.15. The van der Waals surface area contributed by atoms with Gasteiger partial charge in [0.1, 0.15) is 30.3 Å². The molecule has 0 spiro atoms. The zero-order valence-electron chi connectivity index (χ0n) is 15.5. The highest BCUT2D eigenvalue weighted by Crippen LogP contribution is 2.31. The number of benzene rings is 2. The molecule has 2 aromatic carbocycles. The van der Waals surface area contributed by atoms with Crippen molar-refractivity contribution in [2.75, 3.05) is 12.3 Å². The van der Waals surface area contributed by atoms with Gasteiger partial charge in [-0.05, 0) is 30.7 Å². The van der Waals surface area contributed by atoms with Gasteiger partial charge in [0.15, 0.2) is 5.82 Å². The number of rotatable bonds is 6. The van der Waals surface area contributed by atoms with E-state index in [0.29, 0.717) is 31.2 Å². The van der Waals surface area contributed by atoms with Crippen LogP contribution in [-0.4, -0.2) is 21.1 Å². The number of pyridine rings is 1. The first kappa shape index (κ1) is 17.3. The van der Waals surface area contributed by atoms with Gasteiger partial charge in [0, 0.05) is 19.0 Å². The minimum absolute atomic E-state index is 0.425. The third-order valence-electron chi connectivity index (χ3n) is 4.58. The lowest BCUT2D eigenvalue weighted by molar-refractivity contribution is 0.126. The lowest BCUT2D eigenvalue weighted by atomic mass is 10.1. The van der Waals surface area contributed by atoms with E-state index in [4.69, 9.17) is 15.2 Å². The molecular weight excluding hydrogens is 340 g/mol. The second-order valence-electron chi connectivity index (χ2n) is 6.37. The second-order valence-corrected chi connectivity index (χ2v) is 6.37. The third-order valence-corrected chi connectivity index (χ3v) is 4.58. The number of fused-ring (bicyclic) bond motifs is 3. The fourth-order valence-electron chi connectivity index (χ4n) is 3.17. The maximum Gasteiger partial charge on any atom is 0.152 e. The SMILES string of the molecule is CCOCc1nc2c(N)nc3ccc(OCc4ccccc4)cc3c2n1C. The van der Waals surface area contributed by atoms with Gasteiger partial charge >= 0.3 is 0 Å². The summed E-state index contributed by atoms with van der Waals surface area (Å²) < 4.78 is 13.5. The molecule has 6 nitrogen and oxygen atoms in total. The van der Waals surface area contributed by atoms with E-state index < -0.39 is 0 Å². The highest BCUT2D eigenvalue weighted by Gasteiger charge is 2.16. The summed E-state index contributed by atoms with van der Waals surface area (Å²) in [6.07, 6.45) is 0. The van der Waals surface area contributed by atoms with Crippen LogP contribution in [0, 0.1) is 0 Å². The Balaban J connectivity index is 1.75. The van der Waals surface area contributed by atoms with Crippen LogP contribution in [0.2, 0.25) is 0 Å². The van der Waals surface area contributed by atoms with Gasteiger partial charge in [-0.3, -0.25) is 0 Å². The Morgan fingerprint density at radius 3 is 2.63 bits per heavy atom. The molecule has 0 aliphatic heterocycles. The number of hydrogen-bond acceptors (Lipinski definition) is 5. The highest BCUT2D eigenvalue weighted by molar-refractivity contribution is 6.07. The van der Waals surface area contributed by atoms with Crippen LogP contribution < -0.4 is 10.5 Å². The van der Waals surface area contributed by atoms with Crippen molar-refractivity contribution in [3.8, 4) is 5.75 Å². The van der Waals surface area contributed by atoms with Crippen LogP contribution >= 0.6 is 0 Å². The summed E-state index contributed by atoms with van der Waals surface area (Å²) in [6, 6.07) is 15.9. The first-order valence-electron chi connectivity index (χ1n) is 8.96. The van der Waals surface area contributed by atoms with Crippen molar-refractivity contribution < 1.29 is 9.47 Å². The number of hydrogen-bond donors (Lipinski definition) is 1. The zero-order valence-corrected chi connectivity index (χ0v) is 15.5. The average Bonchev–Trinajstić information content (AvgIpc) is 3.03. The van der Waals surface area contributed by atoms with Crippen LogP contribution in [0.1, 0.15) is 18.3 Å². The van der Waals surface area contributed by atoms with Crippen molar-refractivity contribution in [2.45, 2.75) is 20.1 Å². The van der Waals surface area contributed by atoms with Gasteiger partial charge in [-0.15, -0.1) is 0 Å². The molecule has 0 aliphatic carbocycles. The molecule has 2 N–H and O–H groups in total. The molecule has 0 saturated carbocycles. The molecule has 0 saturated heterocycles. The predicted octanol–water partition coefficient (Wildman–Crippen LogP) is 3.82. The predicted molar refractivity (Wildman–Crippen MR) is 107 cm³/mol. The Bertz CT molecular complexity index is 1090. The molecule has 0 amide bonds. The lowest BCUT2D eigenvalue weighted by Crippen LogP contribution is -2.01. The minimum atomic E-state index is 0.425. The fourth-order valence-corrected chi connectivity index (χ4v) is 3.17. The molecule has 2 heterocycles. The first-order chi connectivity index (χ1) is 13.2. The molecule has 0 radical (unpaired) electrons. The Hall–Kier alpha value is -3.12. The molecule has 27 heavy (non-hydrogen) atoms. The van der Waals surface area contributed by atoms with Crippen molar-refractivity contribution in [3.05, 3.63) is 59.9 Å². The Kier molecular flexibility index (Phi) is 4.64. The third kappa shape index (κ3) is 3.31. The lowest BCUT2D eigenvalue weighted by Gasteiger charge is -2.09. The van der Waals surface area contributed by atoms with E-state index in [-0.39, 0.29) is 0 Å². The first-order valence-corrected chi connectivity index (χ1v) is 8.96. The molecule has 0 atom stereocenters. The largest absolute Gasteiger partial charge is 0.489 e. The smallest absolute Gasteiger partial charge is 0.152 e. The maximum atomic E-state index is 6.15. The number of imidazole rings is 1.